The average molecular weight is 617 g/mol. The number of carbonyl (C=O) groups is 2. The molecule has 3 rings (SSSR count). The van der Waals surface area contributed by atoms with Crippen molar-refractivity contribution in [3.05, 3.63) is 83.9 Å². The van der Waals surface area contributed by atoms with Gasteiger partial charge < -0.3 is 30.4 Å². The normalized spacial score (nSPS) is 11.0. The first-order valence-corrected chi connectivity index (χ1v) is 16.1. The number of unbranched alkanes of at least 4 members (excludes halogenated alkanes) is 9. The fraction of sp³-hybridized carbons (Fsp3) is 0.405. The Labute approximate surface area is 267 Å². The number of esters is 2. The number of benzene rings is 3. The predicted molar refractivity (Wildman–Crippen MR) is 181 cm³/mol. The van der Waals surface area contributed by atoms with Crippen molar-refractivity contribution in [3.63, 3.8) is 0 Å². The van der Waals surface area contributed by atoms with Gasteiger partial charge in [-0.15, -0.1) is 0 Å². The van der Waals surface area contributed by atoms with E-state index >= 15 is 0 Å². The zero-order chi connectivity index (χ0) is 32.1. The summed E-state index contributed by atoms with van der Waals surface area (Å²) < 4.78 is 22.2. The van der Waals surface area contributed by atoms with Gasteiger partial charge in [0.15, 0.2) is 0 Å². The number of ether oxygens (including phenoxy) is 4. The largest absolute Gasteiger partial charge is 0.494 e. The average Bonchev–Trinajstić information content (AvgIpc) is 3.03. The minimum Gasteiger partial charge on any atom is -0.494 e. The molecule has 3 aromatic carbocycles. The number of carbonyl (C=O) groups excluding carboxylic acids is 2. The van der Waals surface area contributed by atoms with E-state index in [-0.39, 0.29) is 5.97 Å². The highest BCUT2D eigenvalue weighted by Crippen LogP contribution is 2.19. The zero-order valence-electron chi connectivity index (χ0n) is 26.5. The Balaban J connectivity index is 1.16. The summed E-state index contributed by atoms with van der Waals surface area (Å²) >= 11 is 0. The Bertz CT molecular complexity index is 1300. The molecule has 0 radical (unpaired) electrons. The van der Waals surface area contributed by atoms with Gasteiger partial charge in [-0.05, 0) is 85.5 Å². The maximum Gasteiger partial charge on any atom is 0.338 e. The highest BCUT2D eigenvalue weighted by atomic mass is 16.5. The summed E-state index contributed by atoms with van der Waals surface area (Å²) in [7, 11) is 0. The molecule has 0 unspecified atom stereocenters. The van der Waals surface area contributed by atoms with Gasteiger partial charge in [0.1, 0.15) is 17.2 Å². The van der Waals surface area contributed by atoms with Crippen LogP contribution in [0.4, 0.5) is 11.4 Å². The Morgan fingerprint density at radius 3 is 1.69 bits per heavy atom. The van der Waals surface area contributed by atoms with Crippen LogP contribution in [-0.2, 0) is 9.53 Å². The summed E-state index contributed by atoms with van der Waals surface area (Å²) in [4.78, 5) is 24.3. The molecule has 0 saturated heterocycles. The molecular weight excluding hydrogens is 568 g/mol. The molecule has 0 atom stereocenters. The van der Waals surface area contributed by atoms with Gasteiger partial charge in [-0.3, -0.25) is 0 Å². The number of rotatable bonds is 21. The van der Waals surface area contributed by atoms with E-state index in [0.717, 1.165) is 62.0 Å². The molecule has 8 heteroatoms. The third-order valence-corrected chi connectivity index (χ3v) is 7.10. The number of hydrogen-bond acceptors (Lipinski definition) is 8. The van der Waals surface area contributed by atoms with Crippen molar-refractivity contribution in [1.82, 2.24) is 0 Å². The van der Waals surface area contributed by atoms with Crippen LogP contribution in [0.1, 0.15) is 93.5 Å². The fourth-order valence-corrected chi connectivity index (χ4v) is 4.60. The summed E-state index contributed by atoms with van der Waals surface area (Å²) in [5, 5.41) is 0. The number of nitrogen functional groups attached to an aromatic ring is 2. The molecule has 0 spiro atoms. The summed E-state index contributed by atoms with van der Waals surface area (Å²) in [5.41, 5.74) is 13.7. The van der Waals surface area contributed by atoms with Crippen molar-refractivity contribution >= 4 is 29.4 Å². The Morgan fingerprint density at radius 2 is 1.11 bits per heavy atom. The maximum atomic E-state index is 12.2. The van der Waals surface area contributed by atoms with E-state index in [9.17, 15) is 9.59 Å². The first-order valence-electron chi connectivity index (χ1n) is 16.1. The van der Waals surface area contributed by atoms with Crippen LogP contribution in [0, 0.1) is 0 Å². The number of nitrogens with two attached hydrogens (primary N) is 2. The zero-order valence-corrected chi connectivity index (χ0v) is 26.5. The lowest BCUT2D eigenvalue weighted by Crippen LogP contribution is -2.07. The van der Waals surface area contributed by atoms with Crippen LogP contribution in [-0.4, -0.2) is 31.8 Å². The van der Waals surface area contributed by atoms with E-state index in [4.69, 9.17) is 30.4 Å². The van der Waals surface area contributed by atoms with E-state index in [1.54, 1.807) is 48.5 Å². The molecule has 0 aromatic heterocycles. The molecule has 3 aromatic rings. The van der Waals surface area contributed by atoms with Gasteiger partial charge in [0.25, 0.3) is 0 Å². The van der Waals surface area contributed by atoms with Crippen LogP contribution in [0.3, 0.4) is 0 Å². The second-order valence-corrected chi connectivity index (χ2v) is 11.1. The number of hydrogen-bond donors (Lipinski definition) is 2. The Morgan fingerprint density at radius 1 is 0.622 bits per heavy atom. The Kier molecular flexibility index (Phi) is 15.9. The monoisotopic (exact) mass is 616 g/mol. The second kappa shape index (κ2) is 20.5. The highest BCUT2D eigenvalue weighted by Gasteiger charge is 2.08. The van der Waals surface area contributed by atoms with Crippen molar-refractivity contribution in [1.29, 1.82) is 0 Å². The molecule has 45 heavy (non-hydrogen) atoms. The quantitative estimate of drug-likeness (QED) is 0.0402. The van der Waals surface area contributed by atoms with Crippen LogP contribution in [0.2, 0.25) is 0 Å². The number of anilines is 2. The fourth-order valence-electron chi connectivity index (χ4n) is 4.60. The molecule has 8 nitrogen and oxygen atoms in total. The topological polar surface area (TPSA) is 123 Å². The third kappa shape index (κ3) is 14.7. The van der Waals surface area contributed by atoms with E-state index in [1.807, 2.05) is 24.3 Å². The predicted octanol–water partition coefficient (Wildman–Crippen LogP) is 8.40. The highest BCUT2D eigenvalue weighted by molar-refractivity contribution is 5.91. The van der Waals surface area contributed by atoms with Crippen LogP contribution in [0.5, 0.6) is 17.2 Å². The minimum absolute atomic E-state index is 0.381. The molecule has 0 heterocycles. The van der Waals surface area contributed by atoms with Crippen LogP contribution in [0.15, 0.2) is 72.8 Å². The third-order valence-electron chi connectivity index (χ3n) is 7.10. The van der Waals surface area contributed by atoms with Crippen molar-refractivity contribution < 1.29 is 28.5 Å². The molecule has 4 N–H and O–H groups in total. The van der Waals surface area contributed by atoms with Crippen molar-refractivity contribution in [2.45, 2.75) is 77.6 Å². The minimum atomic E-state index is -0.435. The molecule has 0 aliphatic carbocycles. The molecule has 0 bridgehead atoms. The molecule has 0 aliphatic heterocycles. The van der Waals surface area contributed by atoms with Crippen molar-refractivity contribution in [3.8, 4) is 17.2 Å². The van der Waals surface area contributed by atoms with Crippen molar-refractivity contribution in [2.75, 3.05) is 31.3 Å². The summed E-state index contributed by atoms with van der Waals surface area (Å²) in [6.07, 6.45) is 15.2. The van der Waals surface area contributed by atoms with Crippen LogP contribution >= 0.6 is 0 Å². The SMILES string of the molecule is CCCCOc1ccc(OC(=O)/C=C/c2ccc(OCCCCCCCCCCCOC(=O)c3cc(N)cc(N)c3)cc2)cc1. The summed E-state index contributed by atoms with van der Waals surface area (Å²) in [6.45, 7) is 3.89. The van der Waals surface area contributed by atoms with E-state index < -0.39 is 5.97 Å². The van der Waals surface area contributed by atoms with Gasteiger partial charge in [-0.2, -0.15) is 0 Å². The molecule has 0 amide bonds. The lowest BCUT2D eigenvalue weighted by molar-refractivity contribution is -0.128. The molecule has 0 saturated carbocycles. The van der Waals surface area contributed by atoms with Crippen LogP contribution in [0.25, 0.3) is 6.08 Å². The molecule has 0 aliphatic rings. The van der Waals surface area contributed by atoms with E-state index in [1.165, 1.54) is 31.8 Å². The molecule has 242 valence electrons. The maximum absolute atomic E-state index is 12.2. The van der Waals surface area contributed by atoms with Crippen LogP contribution < -0.4 is 25.7 Å². The van der Waals surface area contributed by atoms with Gasteiger partial charge >= 0.3 is 11.9 Å². The first kappa shape index (κ1) is 35.0. The summed E-state index contributed by atoms with van der Waals surface area (Å²) in [6, 6.07) is 19.5. The smallest absolute Gasteiger partial charge is 0.338 e. The lowest BCUT2D eigenvalue weighted by atomic mass is 10.1. The Hall–Kier alpha value is -4.46. The standard InChI is InChI=1S/C37H48N2O6/c1-2-3-23-42-34-18-20-35(21-19-34)45-36(40)22-15-29-13-16-33(17-14-29)43-24-11-9-7-5-4-6-8-10-12-25-44-37(41)30-26-31(38)28-32(39)27-30/h13-22,26-28H,2-12,23-25,38-39H2,1H3/b22-15+. The van der Waals surface area contributed by atoms with E-state index in [2.05, 4.69) is 6.92 Å². The molecular formula is C37H48N2O6. The van der Waals surface area contributed by atoms with Gasteiger partial charge in [-0.1, -0.05) is 70.4 Å². The first-order chi connectivity index (χ1) is 21.9. The lowest BCUT2D eigenvalue weighted by Gasteiger charge is -2.07. The van der Waals surface area contributed by atoms with Gasteiger partial charge in [0.05, 0.1) is 25.4 Å². The second-order valence-electron chi connectivity index (χ2n) is 11.1. The van der Waals surface area contributed by atoms with Crippen molar-refractivity contribution in [2.24, 2.45) is 0 Å². The van der Waals surface area contributed by atoms with Gasteiger partial charge in [0.2, 0.25) is 0 Å². The molecule has 0 fully saturated rings. The van der Waals surface area contributed by atoms with E-state index in [0.29, 0.717) is 42.5 Å². The summed E-state index contributed by atoms with van der Waals surface area (Å²) in [5.74, 6) is 1.25. The van der Waals surface area contributed by atoms with Gasteiger partial charge in [0, 0.05) is 17.5 Å². The van der Waals surface area contributed by atoms with Gasteiger partial charge in [-0.25, -0.2) is 9.59 Å².